The number of hydrogen-bond acceptors (Lipinski definition) is 3. The van der Waals surface area contributed by atoms with Crippen LogP contribution in [-0.2, 0) is 4.74 Å². The summed E-state index contributed by atoms with van der Waals surface area (Å²) < 4.78 is 5.95. The van der Waals surface area contributed by atoms with Gasteiger partial charge in [-0.3, -0.25) is 4.90 Å². The normalized spacial score (nSPS) is 36.3. The number of piperazine rings is 1. The van der Waals surface area contributed by atoms with Crippen molar-refractivity contribution in [3.05, 3.63) is 0 Å². The Morgan fingerprint density at radius 3 is 2.40 bits per heavy atom. The van der Waals surface area contributed by atoms with Crippen molar-refractivity contribution in [2.24, 2.45) is 5.92 Å². The lowest BCUT2D eigenvalue weighted by Crippen LogP contribution is -2.69. The Labute approximate surface area is 125 Å². The van der Waals surface area contributed by atoms with E-state index >= 15 is 0 Å². The summed E-state index contributed by atoms with van der Waals surface area (Å²) in [7, 11) is 0. The molecular formula is C17H34N2O. The van der Waals surface area contributed by atoms with Crippen molar-refractivity contribution in [1.29, 1.82) is 0 Å². The van der Waals surface area contributed by atoms with E-state index in [4.69, 9.17) is 4.74 Å². The second-order valence-electron chi connectivity index (χ2n) is 8.28. The number of nitrogens with zero attached hydrogens (tertiary/aromatic N) is 1. The maximum absolute atomic E-state index is 5.95. The molecule has 2 aliphatic rings. The first kappa shape index (κ1) is 16.3. The van der Waals surface area contributed by atoms with Gasteiger partial charge in [-0.15, -0.1) is 0 Å². The van der Waals surface area contributed by atoms with E-state index in [1.165, 1.54) is 19.3 Å². The van der Waals surface area contributed by atoms with Gasteiger partial charge in [0.25, 0.3) is 0 Å². The Bertz CT molecular complexity index is 334. The van der Waals surface area contributed by atoms with E-state index in [0.717, 1.165) is 32.2 Å². The molecule has 118 valence electrons. The molecule has 2 fully saturated rings. The maximum atomic E-state index is 5.95. The number of hydrogen-bond donors (Lipinski definition) is 1. The van der Waals surface area contributed by atoms with Crippen molar-refractivity contribution in [3.63, 3.8) is 0 Å². The number of ether oxygens (including phenoxy) is 1. The van der Waals surface area contributed by atoms with Gasteiger partial charge < -0.3 is 10.1 Å². The molecule has 2 rings (SSSR count). The first-order valence-corrected chi connectivity index (χ1v) is 8.33. The highest BCUT2D eigenvalue weighted by molar-refractivity contribution is 5.07. The van der Waals surface area contributed by atoms with Gasteiger partial charge in [0, 0.05) is 30.7 Å². The van der Waals surface area contributed by atoms with E-state index in [2.05, 4.69) is 51.8 Å². The van der Waals surface area contributed by atoms with Crippen molar-refractivity contribution in [2.45, 2.75) is 77.5 Å². The van der Waals surface area contributed by atoms with Gasteiger partial charge in [-0.1, -0.05) is 6.92 Å². The average molecular weight is 282 g/mol. The molecule has 1 aliphatic heterocycles. The summed E-state index contributed by atoms with van der Waals surface area (Å²) in [5, 5.41) is 3.85. The third-order valence-corrected chi connectivity index (χ3v) is 5.29. The van der Waals surface area contributed by atoms with Crippen LogP contribution in [0.25, 0.3) is 0 Å². The summed E-state index contributed by atoms with van der Waals surface area (Å²) in [6.07, 6.45) is 3.99. The Hall–Kier alpha value is -0.120. The Morgan fingerprint density at radius 1 is 1.25 bits per heavy atom. The highest BCUT2D eigenvalue weighted by atomic mass is 16.5. The molecule has 0 radical (unpaired) electrons. The van der Waals surface area contributed by atoms with Crippen LogP contribution in [0.5, 0.6) is 0 Å². The third-order valence-electron chi connectivity index (χ3n) is 5.29. The fourth-order valence-electron chi connectivity index (χ4n) is 3.30. The molecule has 1 aliphatic carbocycles. The molecule has 3 nitrogen and oxygen atoms in total. The fourth-order valence-corrected chi connectivity index (χ4v) is 3.30. The number of nitrogens with one attached hydrogen (secondary N) is 1. The van der Waals surface area contributed by atoms with E-state index in [0.29, 0.717) is 5.54 Å². The van der Waals surface area contributed by atoms with Gasteiger partial charge in [-0.2, -0.15) is 0 Å². The van der Waals surface area contributed by atoms with Crippen LogP contribution in [0.2, 0.25) is 0 Å². The average Bonchev–Trinajstić information content (AvgIpc) is 3.17. The van der Waals surface area contributed by atoms with Crippen molar-refractivity contribution in [2.75, 3.05) is 26.2 Å². The molecule has 1 saturated heterocycles. The second kappa shape index (κ2) is 5.58. The van der Waals surface area contributed by atoms with Gasteiger partial charge >= 0.3 is 0 Å². The summed E-state index contributed by atoms with van der Waals surface area (Å²) in [4.78, 5) is 2.67. The monoisotopic (exact) mass is 282 g/mol. The Balaban J connectivity index is 1.96. The third kappa shape index (κ3) is 3.75. The summed E-state index contributed by atoms with van der Waals surface area (Å²) in [6, 6.07) is 0. The molecule has 2 atom stereocenters. The predicted molar refractivity (Wildman–Crippen MR) is 85.1 cm³/mol. The molecule has 20 heavy (non-hydrogen) atoms. The van der Waals surface area contributed by atoms with Crippen molar-refractivity contribution in [1.82, 2.24) is 10.2 Å². The van der Waals surface area contributed by atoms with Crippen LogP contribution in [-0.4, -0.2) is 47.8 Å². The molecule has 3 heteroatoms. The first-order valence-electron chi connectivity index (χ1n) is 8.33. The topological polar surface area (TPSA) is 24.5 Å². The summed E-state index contributed by atoms with van der Waals surface area (Å²) in [5.74, 6) is 0.884. The molecular weight excluding hydrogens is 248 g/mol. The lowest BCUT2D eigenvalue weighted by Gasteiger charge is -2.52. The van der Waals surface area contributed by atoms with Crippen LogP contribution in [0.3, 0.4) is 0 Å². The molecule has 2 unspecified atom stereocenters. The van der Waals surface area contributed by atoms with E-state index in [9.17, 15) is 0 Å². The van der Waals surface area contributed by atoms with E-state index in [1.54, 1.807) is 0 Å². The SMILES string of the molecule is CCC1(C)CNC(C)(C2CC2)CN1CCOC(C)(C)C. The molecule has 1 heterocycles. The van der Waals surface area contributed by atoms with Crippen LogP contribution < -0.4 is 5.32 Å². The molecule has 1 N–H and O–H groups in total. The minimum atomic E-state index is -0.0313. The van der Waals surface area contributed by atoms with Gasteiger partial charge in [0.2, 0.25) is 0 Å². The van der Waals surface area contributed by atoms with Gasteiger partial charge in [0.05, 0.1) is 12.2 Å². The zero-order valence-electron chi connectivity index (χ0n) is 14.4. The zero-order chi connectivity index (χ0) is 15.0. The van der Waals surface area contributed by atoms with Gasteiger partial charge in [0.15, 0.2) is 0 Å². The standard InChI is InChI=1S/C17H34N2O/c1-7-16(5)12-18-17(6,14-8-9-14)13-19(16)10-11-20-15(2,3)4/h14,18H,7-13H2,1-6H3. The van der Waals surface area contributed by atoms with Crippen molar-refractivity contribution >= 4 is 0 Å². The molecule has 0 amide bonds. The van der Waals surface area contributed by atoms with Crippen LogP contribution in [0.1, 0.15) is 60.8 Å². The van der Waals surface area contributed by atoms with Gasteiger partial charge in [-0.25, -0.2) is 0 Å². The van der Waals surface area contributed by atoms with Gasteiger partial charge in [0.1, 0.15) is 0 Å². The van der Waals surface area contributed by atoms with Crippen LogP contribution >= 0.6 is 0 Å². The lowest BCUT2D eigenvalue weighted by atomic mass is 9.84. The first-order chi connectivity index (χ1) is 9.19. The molecule has 0 spiro atoms. The van der Waals surface area contributed by atoms with Crippen LogP contribution in [0.15, 0.2) is 0 Å². The molecule has 0 bridgehead atoms. The molecule has 0 aromatic heterocycles. The second-order valence-corrected chi connectivity index (χ2v) is 8.28. The minimum Gasteiger partial charge on any atom is -0.375 e. The van der Waals surface area contributed by atoms with E-state index in [-0.39, 0.29) is 11.1 Å². The molecule has 0 aromatic rings. The van der Waals surface area contributed by atoms with E-state index in [1.807, 2.05) is 0 Å². The number of rotatable bonds is 5. The quantitative estimate of drug-likeness (QED) is 0.839. The van der Waals surface area contributed by atoms with Gasteiger partial charge in [-0.05, 0) is 59.8 Å². The molecule has 0 aromatic carbocycles. The minimum absolute atomic E-state index is 0.0313. The van der Waals surface area contributed by atoms with Crippen molar-refractivity contribution < 1.29 is 4.74 Å². The summed E-state index contributed by atoms with van der Waals surface area (Å²) in [6.45, 7) is 17.7. The smallest absolute Gasteiger partial charge is 0.0600 e. The Kier molecular flexibility index (Phi) is 4.54. The highest BCUT2D eigenvalue weighted by Gasteiger charge is 2.48. The predicted octanol–water partition coefficient (Wildman–Crippen LogP) is 3.04. The largest absolute Gasteiger partial charge is 0.375 e. The summed E-state index contributed by atoms with van der Waals surface area (Å²) >= 11 is 0. The lowest BCUT2D eigenvalue weighted by molar-refractivity contribution is -0.0479. The highest BCUT2D eigenvalue weighted by Crippen LogP contribution is 2.42. The summed E-state index contributed by atoms with van der Waals surface area (Å²) in [5.41, 5.74) is 0.558. The van der Waals surface area contributed by atoms with Crippen LogP contribution in [0, 0.1) is 5.92 Å². The van der Waals surface area contributed by atoms with Crippen molar-refractivity contribution in [3.8, 4) is 0 Å². The molecule has 1 saturated carbocycles. The maximum Gasteiger partial charge on any atom is 0.0600 e. The zero-order valence-corrected chi connectivity index (χ0v) is 14.4. The fraction of sp³-hybridized carbons (Fsp3) is 1.00. The van der Waals surface area contributed by atoms with Crippen LogP contribution in [0.4, 0.5) is 0 Å². The van der Waals surface area contributed by atoms with E-state index < -0.39 is 0 Å². The Morgan fingerprint density at radius 2 is 1.90 bits per heavy atom.